The van der Waals surface area contributed by atoms with E-state index in [1.807, 2.05) is 6.07 Å². The molecular weight excluding hydrogens is 280 g/mol. The van der Waals surface area contributed by atoms with E-state index in [1.54, 1.807) is 0 Å². The van der Waals surface area contributed by atoms with Crippen LogP contribution in [0.1, 0.15) is 61.0 Å². The summed E-state index contributed by atoms with van der Waals surface area (Å²) >= 11 is 2.07. The number of cyclic esters (lactones) is 1. The van der Waals surface area contributed by atoms with Crippen LogP contribution in [0.5, 0.6) is 0 Å². The number of hydrogen-bond acceptors (Lipinski definition) is 3. The molecule has 2 nitrogen and oxygen atoms in total. The van der Waals surface area contributed by atoms with E-state index in [-0.39, 0.29) is 5.97 Å². The van der Waals surface area contributed by atoms with Gasteiger partial charge in [0.2, 0.25) is 0 Å². The zero-order valence-electron chi connectivity index (χ0n) is 13.2. The fourth-order valence-corrected chi connectivity index (χ4v) is 3.80. The van der Waals surface area contributed by atoms with Gasteiger partial charge in [-0.1, -0.05) is 45.2 Å². The van der Waals surface area contributed by atoms with Crippen LogP contribution in [0, 0.1) is 0 Å². The van der Waals surface area contributed by atoms with E-state index in [9.17, 15) is 4.79 Å². The molecule has 0 aromatic heterocycles. The molecule has 1 unspecified atom stereocenters. The number of carbonyl (C=O) groups is 1. The fraction of sp³-hybridized carbons (Fsp3) is 0.611. The highest BCUT2D eigenvalue weighted by atomic mass is 32.2. The molecule has 2 rings (SSSR count). The van der Waals surface area contributed by atoms with Crippen molar-refractivity contribution in [2.45, 2.75) is 57.6 Å². The fourth-order valence-electron chi connectivity index (χ4n) is 2.72. The van der Waals surface area contributed by atoms with Crippen LogP contribution in [0.4, 0.5) is 0 Å². The molecule has 1 aliphatic heterocycles. The number of ether oxygens (including phenoxy) is 1. The molecule has 0 fully saturated rings. The number of benzene rings is 1. The van der Waals surface area contributed by atoms with Crippen molar-refractivity contribution in [2.75, 3.05) is 12.4 Å². The number of unbranched alkanes of at least 4 members (excludes halogenated alkanes) is 3. The first-order valence-electron chi connectivity index (χ1n) is 8.11. The van der Waals surface area contributed by atoms with Crippen LogP contribution in [0.15, 0.2) is 18.2 Å². The van der Waals surface area contributed by atoms with Crippen molar-refractivity contribution >= 4 is 17.7 Å². The predicted molar refractivity (Wildman–Crippen MR) is 90.2 cm³/mol. The summed E-state index contributed by atoms with van der Waals surface area (Å²) in [5, 5.41) is 0.639. The summed E-state index contributed by atoms with van der Waals surface area (Å²) in [5.74, 6) is 1.10. The Balaban J connectivity index is 1.81. The lowest BCUT2D eigenvalue weighted by molar-refractivity contribution is 0.0480. The van der Waals surface area contributed by atoms with Crippen LogP contribution in [-0.2, 0) is 17.6 Å². The molecule has 0 saturated carbocycles. The minimum Gasteiger partial charge on any atom is -0.462 e. The van der Waals surface area contributed by atoms with E-state index in [0.717, 1.165) is 24.0 Å². The van der Waals surface area contributed by atoms with Crippen molar-refractivity contribution in [2.24, 2.45) is 0 Å². The lowest BCUT2D eigenvalue weighted by Crippen LogP contribution is -2.18. The summed E-state index contributed by atoms with van der Waals surface area (Å²) in [7, 11) is 0. The molecular formula is C18H26O2S. The summed E-state index contributed by atoms with van der Waals surface area (Å²) in [6, 6.07) is 6.22. The second-order valence-corrected chi connectivity index (χ2v) is 7.37. The highest BCUT2D eigenvalue weighted by molar-refractivity contribution is 7.99. The smallest absolute Gasteiger partial charge is 0.338 e. The van der Waals surface area contributed by atoms with Crippen molar-refractivity contribution < 1.29 is 9.53 Å². The van der Waals surface area contributed by atoms with Gasteiger partial charge in [0, 0.05) is 11.7 Å². The van der Waals surface area contributed by atoms with Crippen LogP contribution in [-0.4, -0.2) is 23.6 Å². The molecule has 116 valence electrons. The van der Waals surface area contributed by atoms with Crippen LogP contribution >= 0.6 is 11.8 Å². The lowest BCUT2D eigenvalue weighted by Gasteiger charge is -2.17. The van der Waals surface area contributed by atoms with Crippen LogP contribution in [0.3, 0.4) is 0 Å². The van der Waals surface area contributed by atoms with Crippen LogP contribution < -0.4 is 0 Å². The van der Waals surface area contributed by atoms with Gasteiger partial charge in [-0.3, -0.25) is 0 Å². The Labute approximate surface area is 132 Å². The Morgan fingerprint density at radius 2 is 2.14 bits per heavy atom. The van der Waals surface area contributed by atoms with Crippen LogP contribution in [0.25, 0.3) is 0 Å². The number of thioether (sulfide) groups is 1. The van der Waals surface area contributed by atoms with Gasteiger partial charge >= 0.3 is 5.97 Å². The zero-order chi connectivity index (χ0) is 15.1. The Bertz CT molecular complexity index is 470. The van der Waals surface area contributed by atoms with Crippen molar-refractivity contribution in [1.82, 2.24) is 0 Å². The highest BCUT2D eigenvalue weighted by Gasteiger charge is 2.18. The standard InChI is InChI=1S/C18H26O2S/c1-3-4-5-6-11-21-14(2)12-15-7-8-17-16(13-15)9-10-20-18(17)19/h7-8,13-14H,3-6,9-12H2,1-2H3. The van der Waals surface area contributed by atoms with Gasteiger partial charge in [0.05, 0.1) is 12.2 Å². The molecule has 1 heterocycles. The summed E-state index contributed by atoms with van der Waals surface area (Å²) in [4.78, 5) is 11.6. The maximum atomic E-state index is 11.6. The normalized spacial score (nSPS) is 15.4. The molecule has 1 aliphatic rings. The minimum atomic E-state index is -0.166. The summed E-state index contributed by atoms with van der Waals surface area (Å²) < 4.78 is 5.07. The Kier molecular flexibility index (Phi) is 6.62. The first-order chi connectivity index (χ1) is 10.2. The molecule has 1 atom stereocenters. The van der Waals surface area contributed by atoms with Crippen LogP contribution in [0.2, 0.25) is 0 Å². The third kappa shape index (κ3) is 5.06. The van der Waals surface area contributed by atoms with Crippen molar-refractivity contribution in [3.8, 4) is 0 Å². The molecule has 0 radical (unpaired) electrons. The van der Waals surface area contributed by atoms with Gasteiger partial charge in [-0.15, -0.1) is 0 Å². The summed E-state index contributed by atoms with van der Waals surface area (Å²) in [6.45, 7) is 5.08. The molecule has 21 heavy (non-hydrogen) atoms. The average Bonchev–Trinajstić information content (AvgIpc) is 2.47. The molecule has 1 aromatic rings. The number of hydrogen-bond donors (Lipinski definition) is 0. The molecule has 0 bridgehead atoms. The van der Waals surface area contributed by atoms with Gasteiger partial charge < -0.3 is 4.74 Å². The minimum absolute atomic E-state index is 0.166. The zero-order valence-corrected chi connectivity index (χ0v) is 14.0. The second kappa shape index (κ2) is 8.47. The molecule has 3 heteroatoms. The van der Waals surface area contributed by atoms with Gasteiger partial charge in [-0.25, -0.2) is 4.79 Å². The molecule has 0 N–H and O–H groups in total. The second-order valence-electron chi connectivity index (χ2n) is 5.82. The van der Waals surface area contributed by atoms with E-state index >= 15 is 0 Å². The Morgan fingerprint density at radius 3 is 2.95 bits per heavy atom. The highest BCUT2D eigenvalue weighted by Crippen LogP contribution is 2.22. The maximum absolute atomic E-state index is 11.6. The van der Waals surface area contributed by atoms with Gasteiger partial charge in [0.1, 0.15) is 0 Å². The maximum Gasteiger partial charge on any atom is 0.338 e. The lowest BCUT2D eigenvalue weighted by atomic mass is 9.98. The average molecular weight is 306 g/mol. The van der Waals surface area contributed by atoms with E-state index in [4.69, 9.17) is 4.74 Å². The quantitative estimate of drug-likeness (QED) is 0.517. The number of rotatable bonds is 8. The third-order valence-electron chi connectivity index (χ3n) is 3.92. The number of carbonyl (C=O) groups excluding carboxylic acids is 1. The summed E-state index contributed by atoms with van der Waals surface area (Å²) in [5.41, 5.74) is 3.26. The van der Waals surface area contributed by atoms with E-state index in [2.05, 4.69) is 37.7 Å². The van der Waals surface area contributed by atoms with Gasteiger partial charge in [-0.2, -0.15) is 11.8 Å². The molecule has 0 spiro atoms. The van der Waals surface area contributed by atoms with E-state index < -0.39 is 0 Å². The number of esters is 1. The monoisotopic (exact) mass is 306 g/mol. The molecule has 0 aliphatic carbocycles. The van der Waals surface area contributed by atoms with Gasteiger partial charge in [-0.05, 0) is 35.8 Å². The number of fused-ring (bicyclic) bond motifs is 1. The van der Waals surface area contributed by atoms with Gasteiger partial charge in [0.25, 0.3) is 0 Å². The van der Waals surface area contributed by atoms with Crippen molar-refractivity contribution in [1.29, 1.82) is 0 Å². The van der Waals surface area contributed by atoms with E-state index in [0.29, 0.717) is 11.9 Å². The molecule has 0 saturated heterocycles. The Hall–Kier alpha value is -0.960. The van der Waals surface area contributed by atoms with E-state index in [1.165, 1.54) is 37.0 Å². The summed E-state index contributed by atoms with van der Waals surface area (Å²) in [6.07, 6.45) is 7.29. The third-order valence-corrected chi connectivity index (χ3v) is 5.18. The molecule has 1 aromatic carbocycles. The Morgan fingerprint density at radius 1 is 1.29 bits per heavy atom. The first kappa shape index (κ1) is 16.4. The SMILES string of the molecule is CCCCCCSC(C)Cc1ccc2c(c1)CCOC2=O. The first-order valence-corrected chi connectivity index (χ1v) is 9.16. The topological polar surface area (TPSA) is 26.3 Å². The molecule has 0 amide bonds. The van der Waals surface area contributed by atoms with Crippen molar-refractivity contribution in [3.63, 3.8) is 0 Å². The predicted octanol–water partition coefficient (Wildman–Crippen LogP) is 4.64. The van der Waals surface area contributed by atoms with Crippen molar-refractivity contribution in [3.05, 3.63) is 34.9 Å². The largest absolute Gasteiger partial charge is 0.462 e. The van der Waals surface area contributed by atoms with Gasteiger partial charge in [0.15, 0.2) is 0 Å².